The minimum absolute atomic E-state index is 0.180. The molecule has 0 atom stereocenters. The maximum atomic E-state index is 10.6. The van der Waals surface area contributed by atoms with Crippen molar-refractivity contribution in [2.45, 2.75) is 0 Å². The van der Waals surface area contributed by atoms with Crippen LogP contribution < -0.4 is 4.52 Å². The number of nitrogens with zero attached hydrogens (tertiary/aromatic N) is 1. The van der Waals surface area contributed by atoms with Gasteiger partial charge < -0.3 is 8.92 Å². The number of fused-ring (bicyclic) bond motifs is 1. The minimum atomic E-state index is -4.47. The van der Waals surface area contributed by atoms with Crippen LogP contribution in [0.4, 0.5) is 0 Å². The monoisotopic (exact) mass is 213 g/mol. The molecule has 74 valence electrons. The zero-order valence-electron chi connectivity index (χ0n) is 7.07. The number of phosphoric acid groups is 1. The highest BCUT2D eigenvalue weighted by Gasteiger charge is 2.17. The molecule has 0 amide bonds. The van der Waals surface area contributed by atoms with Gasteiger partial charge in [0.05, 0.1) is 5.52 Å². The highest BCUT2D eigenvalue weighted by molar-refractivity contribution is 7.46. The molecular weight excluding hydrogens is 205 g/mol. The summed E-state index contributed by atoms with van der Waals surface area (Å²) in [7, 11) is -4.47. The SMILES string of the molecule is O=P(O)(O)Oc1ccn2ccccc12. The largest absolute Gasteiger partial charge is 0.524 e. The molecular formula is C8H8NO4P. The van der Waals surface area contributed by atoms with Gasteiger partial charge in [-0.2, -0.15) is 0 Å². The van der Waals surface area contributed by atoms with E-state index in [1.54, 1.807) is 28.9 Å². The normalized spacial score (nSPS) is 11.9. The molecule has 5 nitrogen and oxygen atoms in total. The molecule has 0 bridgehead atoms. The van der Waals surface area contributed by atoms with Crippen LogP contribution in [0.3, 0.4) is 0 Å². The maximum Gasteiger partial charge on any atom is 0.524 e. The second-order valence-electron chi connectivity index (χ2n) is 2.76. The molecule has 0 unspecified atom stereocenters. The first-order valence-electron chi connectivity index (χ1n) is 3.87. The molecule has 2 N–H and O–H groups in total. The lowest BCUT2D eigenvalue weighted by atomic mass is 10.4. The Kier molecular flexibility index (Phi) is 2.07. The van der Waals surface area contributed by atoms with E-state index in [0.717, 1.165) is 0 Å². The molecule has 2 aromatic rings. The molecule has 0 aliphatic heterocycles. The number of hydrogen-bond donors (Lipinski definition) is 2. The Bertz CT molecular complexity index is 501. The van der Waals surface area contributed by atoms with E-state index in [-0.39, 0.29) is 5.75 Å². The van der Waals surface area contributed by atoms with Gasteiger partial charge >= 0.3 is 7.82 Å². The smallest absolute Gasteiger partial charge is 0.402 e. The van der Waals surface area contributed by atoms with E-state index >= 15 is 0 Å². The first kappa shape index (κ1) is 9.27. The van der Waals surface area contributed by atoms with Gasteiger partial charge in [-0.15, -0.1) is 0 Å². The van der Waals surface area contributed by atoms with Crippen molar-refractivity contribution in [2.24, 2.45) is 0 Å². The molecule has 0 aliphatic rings. The van der Waals surface area contributed by atoms with E-state index in [4.69, 9.17) is 9.79 Å². The summed E-state index contributed by atoms with van der Waals surface area (Å²) in [5.41, 5.74) is 0.621. The average molecular weight is 213 g/mol. The van der Waals surface area contributed by atoms with Gasteiger partial charge in [0.2, 0.25) is 0 Å². The van der Waals surface area contributed by atoms with Crippen LogP contribution in [0.5, 0.6) is 5.75 Å². The quantitative estimate of drug-likeness (QED) is 0.740. The first-order chi connectivity index (χ1) is 6.56. The number of aromatic nitrogens is 1. The summed E-state index contributed by atoms with van der Waals surface area (Å²) in [6.45, 7) is 0. The standard InChI is InChI=1S/C8H8NO4P/c10-14(11,12)13-8-4-6-9-5-2-1-3-7(8)9/h1-6H,(H2,10,11,12). The van der Waals surface area contributed by atoms with Gasteiger partial charge in [0.1, 0.15) is 0 Å². The van der Waals surface area contributed by atoms with Crippen molar-refractivity contribution in [1.82, 2.24) is 4.40 Å². The van der Waals surface area contributed by atoms with Gasteiger partial charge in [-0.3, -0.25) is 9.79 Å². The Hall–Kier alpha value is -1.29. The van der Waals surface area contributed by atoms with Crippen molar-refractivity contribution in [1.29, 1.82) is 0 Å². The Labute approximate surface area is 79.8 Å². The molecule has 2 rings (SSSR count). The van der Waals surface area contributed by atoms with Gasteiger partial charge in [0.25, 0.3) is 0 Å². The van der Waals surface area contributed by atoms with Crippen LogP contribution >= 0.6 is 7.82 Å². The number of pyridine rings is 1. The van der Waals surface area contributed by atoms with Crippen LogP contribution in [0.2, 0.25) is 0 Å². The van der Waals surface area contributed by atoms with Crippen molar-refractivity contribution in [3.8, 4) is 5.75 Å². The van der Waals surface area contributed by atoms with Crippen LogP contribution in [0, 0.1) is 0 Å². The van der Waals surface area contributed by atoms with Crippen molar-refractivity contribution < 1.29 is 18.9 Å². The predicted octanol–water partition coefficient (Wildman–Crippen LogP) is 1.41. The maximum absolute atomic E-state index is 10.6. The third-order valence-corrected chi connectivity index (χ3v) is 2.18. The van der Waals surface area contributed by atoms with E-state index in [9.17, 15) is 4.57 Å². The van der Waals surface area contributed by atoms with Crippen molar-refractivity contribution in [3.05, 3.63) is 36.7 Å². The third kappa shape index (κ3) is 1.80. The van der Waals surface area contributed by atoms with E-state index in [0.29, 0.717) is 5.52 Å². The molecule has 2 heterocycles. The fourth-order valence-corrected chi connectivity index (χ4v) is 1.64. The fourth-order valence-electron chi connectivity index (χ4n) is 1.23. The summed E-state index contributed by atoms with van der Waals surface area (Å²) in [5.74, 6) is 0.180. The first-order valence-corrected chi connectivity index (χ1v) is 5.40. The molecule has 0 radical (unpaired) electrons. The Balaban J connectivity index is 2.49. The van der Waals surface area contributed by atoms with Crippen molar-refractivity contribution in [2.75, 3.05) is 0 Å². The Morgan fingerprint density at radius 3 is 2.71 bits per heavy atom. The Morgan fingerprint density at radius 1 is 1.21 bits per heavy atom. The molecule has 0 fully saturated rings. The van der Waals surface area contributed by atoms with Gasteiger partial charge in [-0.25, -0.2) is 4.57 Å². The van der Waals surface area contributed by atoms with Gasteiger partial charge in [0.15, 0.2) is 5.75 Å². The second-order valence-corrected chi connectivity index (χ2v) is 3.92. The second kappa shape index (κ2) is 3.13. The highest BCUT2D eigenvalue weighted by atomic mass is 31.2. The summed E-state index contributed by atoms with van der Waals surface area (Å²) in [4.78, 5) is 17.3. The molecule has 0 aromatic carbocycles. The highest BCUT2D eigenvalue weighted by Crippen LogP contribution is 2.39. The van der Waals surface area contributed by atoms with Crippen LogP contribution in [0.1, 0.15) is 0 Å². The number of rotatable bonds is 2. The molecule has 0 spiro atoms. The predicted molar refractivity (Wildman–Crippen MR) is 50.1 cm³/mol. The van der Waals surface area contributed by atoms with E-state index in [1.807, 2.05) is 6.07 Å². The summed E-state index contributed by atoms with van der Waals surface area (Å²) in [5, 5.41) is 0. The number of phosphoric ester groups is 1. The number of hydrogen-bond acceptors (Lipinski definition) is 2. The fraction of sp³-hybridized carbons (Fsp3) is 0. The zero-order chi connectivity index (χ0) is 10.2. The van der Waals surface area contributed by atoms with E-state index in [1.165, 1.54) is 6.07 Å². The molecule has 0 saturated heterocycles. The summed E-state index contributed by atoms with van der Waals surface area (Å²) < 4.78 is 16.8. The van der Waals surface area contributed by atoms with Crippen molar-refractivity contribution >= 4 is 13.3 Å². The van der Waals surface area contributed by atoms with Crippen LogP contribution in [-0.4, -0.2) is 14.2 Å². The zero-order valence-corrected chi connectivity index (χ0v) is 7.96. The van der Waals surface area contributed by atoms with Gasteiger partial charge in [-0.05, 0) is 18.2 Å². The summed E-state index contributed by atoms with van der Waals surface area (Å²) >= 11 is 0. The molecule has 6 heteroatoms. The van der Waals surface area contributed by atoms with Gasteiger partial charge in [-0.1, -0.05) is 6.07 Å². The van der Waals surface area contributed by atoms with Crippen molar-refractivity contribution in [3.63, 3.8) is 0 Å². The summed E-state index contributed by atoms with van der Waals surface area (Å²) in [6, 6.07) is 6.80. The van der Waals surface area contributed by atoms with Crippen LogP contribution in [0.25, 0.3) is 5.52 Å². The van der Waals surface area contributed by atoms with E-state index in [2.05, 4.69) is 4.52 Å². The Morgan fingerprint density at radius 2 is 2.00 bits per heavy atom. The topological polar surface area (TPSA) is 71.2 Å². The molecule has 0 aliphatic carbocycles. The lowest BCUT2D eigenvalue weighted by Crippen LogP contribution is -1.89. The lowest BCUT2D eigenvalue weighted by molar-refractivity contribution is 0.284. The van der Waals surface area contributed by atoms with E-state index < -0.39 is 7.82 Å². The lowest BCUT2D eigenvalue weighted by Gasteiger charge is -2.04. The van der Waals surface area contributed by atoms with Crippen LogP contribution in [0.15, 0.2) is 36.7 Å². The van der Waals surface area contributed by atoms with Gasteiger partial charge in [0, 0.05) is 12.4 Å². The molecule has 2 aromatic heterocycles. The molecule has 14 heavy (non-hydrogen) atoms. The minimum Gasteiger partial charge on any atom is -0.402 e. The average Bonchev–Trinajstić information content (AvgIpc) is 2.47. The van der Waals surface area contributed by atoms with Crippen LogP contribution in [-0.2, 0) is 4.57 Å². The molecule has 0 saturated carbocycles. The third-order valence-electron chi connectivity index (χ3n) is 1.75. The summed E-state index contributed by atoms with van der Waals surface area (Å²) in [6.07, 6.45) is 3.43.